The van der Waals surface area contributed by atoms with E-state index in [2.05, 4.69) is 15.6 Å². The van der Waals surface area contributed by atoms with Gasteiger partial charge in [0.15, 0.2) is 11.6 Å². The summed E-state index contributed by atoms with van der Waals surface area (Å²) in [5.41, 5.74) is 5.13. The van der Waals surface area contributed by atoms with Gasteiger partial charge in [-0.25, -0.2) is 9.37 Å². The van der Waals surface area contributed by atoms with Crippen molar-refractivity contribution < 1.29 is 19.1 Å². The molecule has 1 aliphatic rings. The van der Waals surface area contributed by atoms with Crippen LogP contribution in [0.4, 0.5) is 10.2 Å². The molecule has 2 heterocycles. The van der Waals surface area contributed by atoms with Crippen LogP contribution in [0.3, 0.4) is 0 Å². The fourth-order valence-corrected chi connectivity index (χ4v) is 1.90. The van der Waals surface area contributed by atoms with E-state index >= 15 is 0 Å². The molecule has 0 radical (unpaired) electrons. The quantitative estimate of drug-likeness (QED) is 0.580. The van der Waals surface area contributed by atoms with Crippen molar-refractivity contribution in [1.29, 1.82) is 0 Å². The van der Waals surface area contributed by atoms with E-state index in [0.29, 0.717) is 6.54 Å². The Morgan fingerprint density at radius 1 is 1.58 bits per heavy atom. The highest BCUT2D eigenvalue weighted by atomic mass is 19.1. The molecule has 2 amide bonds. The minimum Gasteiger partial charge on any atom is -0.504 e. The van der Waals surface area contributed by atoms with E-state index in [1.165, 1.54) is 0 Å². The van der Waals surface area contributed by atoms with Gasteiger partial charge >= 0.3 is 0 Å². The minimum absolute atomic E-state index is 0.117. The Kier molecular flexibility index (Phi) is 3.61. The summed E-state index contributed by atoms with van der Waals surface area (Å²) in [4.78, 5) is 26.4. The van der Waals surface area contributed by atoms with Crippen molar-refractivity contribution >= 4 is 17.6 Å². The Morgan fingerprint density at radius 3 is 2.89 bits per heavy atom. The lowest BCUT2D eigenvalue weighted by atomic mass is 10.0. The van der Waals surface area contributed by atoms with E-state index in [0.717, 1.165) is 12.3 Å². The minimum atomic E-state index is -0.702. The van der Waals surface area contributed by atoms with Gasteiger partial charge in [0.05, 0.1) is 18.2 Å². The van der Waals surface area contributed by atoms with Gasteiger partial charge in [0.25, 0.3) is 0 Å². The highest BCUT2D eigenvalue weighted by molar-refractivity contribution is 5.94. The first-order chi connectivity index (χ1) is 8.97. The Labute approximate surface area is 108 Å². The lowest BCUT2D eigenvalue weighted by Gasteiger charge is -2.10. The number of amides is 2. The van der Waals surface area contributed by atoms with Gasteiger partial charge in [0, 0.05) is 12.6 Å². The maximum Gasteiger partial charge on any atom is 0.234 e. The van der Waals surface area contributed by atoms with Gasteiger partial charge in [0.1, 0.15) is 5.82 Å². The maximum atomic E-state index is 12.7. The molecular weight excluding hydrogens is 255 g/mol. The number of rotatable bonds is 3. The van der Waals surface area contributed by atoms with Crippen LogP contribution in [0.15, 0.2) is 12.3 Å². The number of nitrogens with zero attached hydrogens (tertiary/aromatic N) is 1. The van der Waals surface area contributed by atoms with Crippen molar-refractivity contribution in [2.75, 3.05) is 11.9 Å². The molecule has 0 saturated carbocycles. The molecule has 8 heteroatoms. The second kappa shape index (κ2) is 5.19. The molecule has 2 atom stereocenters. The zero-order valence-electron chi connectivity index (χ0n) is 9.89. The van der Waals surface area contributed by atoms with Crippen molar-refractivity contribution in [3.63, 3.8) is 0 Å². The Morgan fingerprint density at radius 2 is 2.32 bits per heavy atom. The SMILES string of the molecule is NC(=O)[C@@H]1C[C@H](C(=O)Nc2ncc(F)cc2O)CN1. The average molecular weight is 268 g/mol. The zero-order chi connectivity index (χ0) is 14.0. The van der Waals surface area contributed by atoms with E-state index < -0.39 is 35.3 Å². The summed E-state index contributed by atoms with van der Waals surface area (Å²) in [6, 6.07) is 0.312. The van der Waals surface area contributed by atoms with Crippen LogP contribution < -0.4 is 16.4 Å². The van der Waals surface area contributed by atoms with Crippen LogP contribution in [0.2, 0.25) is 0 Å². The molecule has 1 saturated heterocycles. The van der Waals surface area contributed by atoms with Crippen LogP contribution in [0.25, 0.3) is 0 Å². The lowest BCUT2D eigenvalue weighted by Crippen LogP contribution is -2.36. The van der Waals surface area contributed by atoms with E-state index in [9.17, 15) is 19.1 Å². The number of carbonyl (C=O) groups excluding carboxylic acids is 2. The molecule has 0 unspecified atom stereocenters. The molecule has 1 fully saturated rings. The third-order valence-electron chi connectivity index (χ3n) is 2.92. The second-order valence-electron chi connectivity index (χ2n) is 4.31. The van der Waals surface area contributed by atoms with Crippen LogP contribution in [-0.2, 0) is 9.59 Å². The molecule has 1 aromatic heterocycles. The van der Waals surface area contributed by atoms with Crippen molar-refractivity contribution in [2.24, 2.45) is 11.7 Å². The van der Waals surface area contributed by atoms with Crippen molar-refractivity contribution in [3.8, 4) is 5.75 Å². The summed E-state index contributed by atoms with van der Waals surface area (Å²) in [6.45, 7) is 0.307. The normalized spacial score (nSPS) is 22.2. The van der Waals surface area contributed by atoms with E-state index in [1.807, 2.05) is 0 Å². The molecule has 0 aliphatic carbocycles. The fourth-order valence-electron chi connectivity index (χ4n) is 1.90. The number of carbonyl (C=O) groups is 2. The molecule has 5 N–H and O–H groups in total. The smallest absolute Gasteiger partial charge is 0.234 e. The van der Waals surface area contributed by atoms with Crippen molar-refractivity contribution in [2.45, 2.75) is 12.5 Å². The molecule has 0 spiro atoms. The van der Waals surface area contributed by atoms with E-state index in [1.54, 1.807) is 0 Å². The molecule has 0 bridgehead atoms. The van der Waals surface area contributed by atoms with Crippen LogP contribution in [0.1, 0.15) is 6.42 Å². The van der Waals surface area contributed by atoms with Gasteiger partial charge in [0.2, 0.25) is 11.8 Å². The monoisotopic (exact) mass is 268 g/mol. The topological polar surface area (TPSA) is 117 Å². The summed E-state index contributed by atoms with van der Waals surface area (Å²) in [6.07, 6.45) is 1.16. The summed E-state index contributed by atoms with van der Waals surface area (Å²) < 4.78 is 12.7. The Bertz CT molecular complexity index is 523. The summed E-state index contributed by atoms with van der Waals surface area (Å²) in [5.74, 6) is -2.65. The first kappa shape index (κ1) is 13.2. The van der Waals surface area contributed by atoms with Gasteiger partial charge in [-0.05, 0) is 6.42 Å². The number of hydrogen-bond acceptors (Lipinski definition) is 5. The molecule has 2 rings (SSSR count). The molecule has 19 heavy (non-hydrogen) atoms. The number of anilines is 1. The summed E-state index contributed by atoms with van der Waals surface area (Å²) >= 11 is 0. The standard InChI is InChI=1S/C11H13FN4O3/c12-6-2-8(17)10(15-4-6)16-11(19)5-1-7(9(13)18)14-3-5/h2,4-5,7,14,17H,1,3H2,(H2,13,18)(H,15,16,19)/t5-,7-/m0/s1. The maximum absolute atomic E-state index is 12.7. The predicted octanol–water partition coefficient (Wildman–Crippen LogP) is -0.672. The molecular formula is C11H13FN4O3. The van der Waals surface area contributed by atoms with Gasteiger partial charge in [-0.3, -0.25) is 9.59 Å². The fraction of sp³-hybridized carbons (Fsp3) is 0.364. The second-order valence-corrected chi connectivity index (χ2v) is 4.31. The predicted molar refractivity (Wildman–Crippen MR) is 63.6 cm³/mol. The number of nitrogens with two attached hydrogens (primary N) is 1. The van der Waals surface area contributed by atoms with Gasteiger partial charge < -0.3 is 21.5 Å². The van der Waals surface area contributed by atoms with Crippen LogP contribution in [0.5, 0.6) is 5.75 Å². The van der Waals surface area contributed by atoms with Crippen molar-refractivity contribution in [3.05, 3.63) is 18.1 Å². The average Bonchev–Trinajstić information content (AvgIpc) is 2.82. The number of pyridine rings is 1. The van der Waals surface area contributed by atoms with Crippen LogP contribution in [0, 0.1) is 11.7 Å². The molecule has 1 aromatic rings. The number of primary amides is 1. The largest absolute Gasteiger partial charge is 0.504 e. The first-order valence-corrected chi connectivity index (χ1v) is 5.65. The van der Waals surface area contributed by atoms with E-state index in [-0.39, 0.29) is 12.2 Å². The third-order valence-corrected chi connectivity index (χ3v) is 2.92. The molecule has 0 aromatic carbocycles. The van der Waals surface area contributed by atoms with Gasteiger partial charge in [-0.15, -0.1) is 0 Å². The third kappa shape index (κ3) is 2.97. The summed E-state index contributed by atoms with van der Waals surface area (Å²) in [7, 11) is 0. The van der Waals surface area contributed by atoms with Gasteiger partial charge in [-0.2, -0.15) is 0 Å². The number of hydrogen-bond donors (Lipinski definition) is 4. The van der Waals surface area contributed by atoms with Gasteiger partial charge in [-0.1, -0.05) is 0 Å². The Balaban J connectivity index is 2.00. The molecule has 7 nitrogen and oxygen atoms in total. The van der Waals surface area contributed by atoms with Crippen LogP contribution in [-0.4, -0.2) is 34.5 Å². The number of aromatic nitrogens is 1. The molecule has 1 aliphatic heterocycles. The number of aromatic hydroxyl groups is 1. The first-order valence-electron chi connectivity index (χ1n) is 5.65. The zero-order valence-corrected chi connectivity index (χ0v) is 9.89. The highest BCUT2D eigenvalue weighted by Gasteiger charge is 2.32. The Hall–Kier alpha value is -2.22. The molecule has 102 valence electrons. The lowest BCUT2D eigenvalue weighted by molar-refractivity contribution is -0.120. The van der Waals surface area contributed by atoms with Crippen molar-refractivity contribution in [1.82, 2.24) is 10.3 Å². The highest BCUT2D eigenvalue weighted by Crippen LogP contribution is 2.22. The van der Waals surface area contributed by atoms with Crippen LogP contribution >= 0.6 is 0 Å². The summed E-state index contributed by atoms with van der Waals surface area (Å²) in [5, 5.41) is 14.6. The number of nitrogens with one attached hydrogen (secondary N) is 2. The number of halogens is 1. The van der Waals surface area contributed by atoms with E-state index in [4.69, 9.17) is 5.73 Å².